The number of carbonyl (C=O) groups is 3. The van der Waals surface area contributed by atoms with Crippen molar-refractivity contribution >= 4 is 23.5 Å². The van der Waals surface area contributed by atoms with Gasteiger partial charge in [-0.2, -0.15) is 0 Å². The molecule has 29 heavy (non-hydrogen) atoms. The predicted octanol–water partition coefficient (Wildman–Crippen LogP) is 4.16. The highest BCUT2D eigenvalue weighted by Gasteiger charge is 2.28. The minimum absolute atomic E-state index is 0.0131. The van der Waals surface area contributed by atoms with Gasteiger partial charge in [-0.05, 0) is 69.1 Å². The van der Waals surface area contributed by atoms with Gasteiger partial charge in [0.1, 0.15) is 6.04 Å². The summed E-state index contributed by atoms with van der Waals surface area (Å²) in [5.41, 5.74) is 0.889. The van der Waals surface area contributed by atoms with Crippen LogP contribution in [0.15, 0.2) is 24.3 Å². The molecule has 160 valence electrons. The molecule has 0 heterocycles. The highest BCUT2D eigenvalue weighted by molar-refractivity contribution is 5.98. The normalized spacial score (nSPS) is 20.0. The predicted molar refractivity (Wildman–Crippen MR) is 114 cm³/mol. The molecule has 1 aromatic rings. The Labute approximate surface area is 173 Å². The van der Waals surface area contributed by atoms with Gasteiger partial charge < -0.3 is 15.4 Å². The highest BCUT2D eigenvalue weighted by atomic mass is 16.5. The summed E-state index contributed by atoms with van der Waals surface area (Å²) in [6.45, 7) is 8.30. The minimum atomic E-state index is -0.604. The van der Waals surface area contributed by atoms with Gasteiger partial charge in [-0.15, -0.1) is 0 Å². The fourth-order valence-electron chi connectivity index (χ4n) is 3.68. The largest absolute Gasteiger partial charge is 0.462 e. The van der Waals surface area contributed by atoms with Gasteiger partial charge in [0.05, 0.1) is 12.2 Å². The number of hydrogen-bond acceptors (Lipinski definition) is 4. The lowest BCUT2D eigenvalue weighted by atomic mass is 9.82. The molecule has 1 unspecified atom stereocenters. The lowest BCUT2D eigenvalue weighted by Gasteiger charge is -2.28. The molecule has 0 radical (unpaired) electrons. The maximum Gasteiger partial charge on any atom is 0.338 e. The van der Waals surface area contributed by atoms with E-state index in [0.29, 0.717) is 23.6 Å². The summed E-state index contributed by atoms with van der Waals surface area (Å²) in [6.07, 6.45) is 4.42. The Morgan fingerprint density at radius 3 is 2.45 bits per heavy atom. The van der Waals surface area contributed by atoms with Crippen LogP contribution in [0.3, 0.4) is 0 Å². The average molecular weight is 403 g/mol. The molecule has 1 fully saturated rings. The monoisotopic (exact) mass is 402 g/mol. The second kappa shape index (κ2) is 11.0. The van der Waals surface area contributed by atoms with Gasteiger partial charge >= 0.3 is 5.97 Å². The molecule has 1 atom stereocenters. The lowest BCUT2D eigenvalue weighted by Crippen LogP contribution is -2.47. The zero-order valence-corrected chi connectivity index (χ0v) is 18.0. The van der Waals surface area contributed by atoms with Crippen molar-refractivity contribution in [3.05, 3.63) is 29.8 Å². The molecule has 0 aliphatic heterocycles. The number of benzene rings is 1. The molecule has 2 rings (SSSR count). The van der Waals surface area contributed by atoms with E-state index in [-0.39, 0.29) is 30.3 Å². The van der Waals surface area contributed by atoms with Crippen LogP contribution in [0.5, 0.6) is 0 Å². The standard InChI is InChI=1S/C23H34N2O4/c1-5-29-23(28)18-7-6-8-19(14-18)24-22(27)20(13-15(2)3)25-21(26)17-11-9-16(4)10-12-17/h6-8,14-17,20H,5,9-13H2,1-4H3,(H,24,27)(H,25,26). The second-order valence-electron chi connectivity index (χ2n) is 8.44. The SMILES string of the molecule is CCOC(=O)c1cccc(NC(=O)C(CC(C)C)NC(=O)C2CCC(C)CC2)c1. The Morgan fingerprint density at radius 2 is 1.83 bits per heavy atom. The quantitative estimate of drug-likeness (QED) is 0.640. The summed E-state index contributed by atoms with van der Waals surface area (Å²) < 4.78 is 5.01. The molecule has 1 saturated carbocycles. The Kier molecular flexibility index (Phi) is 8.68. The summed E-state index contributed by atoms with van der Waals surface area (Å²) >= 11 is 0. The van der Waals surface area contributed by atoms with E-state index >= 15 is 0 Å². The minimum Gasteiger partial charge on any atom is -0.462 e. The summed E-state index contributed by atoms with van der Waals surface area (Å²) in [5, 5.41) is 5.81. The van der Waals surface area contributed by atoms with Gasteiger partial charge in [-0.25, -0.2) is 4.79 Å². The van der Waals surface area contributed by atoms with Gasteiger partial charge in [-0.1, -0.05) is 26.8 Å². The van der Waals surface area contributed by atoms with Gasteiger partial charge in [0.15, 0.2) is 0 Å². The first-order valence-corrected chi connectivity index (χ1v) is 10.7. The van der Waals surface area contributed by atoms with E-state index in [1.165, 1.54) is 0 Å². The fourth-order valence-corrected chi connectivity index (χ4v) is 3.68. The topological polar surface area (TPSA) is 84.5 Å². The Morgan fingerprint density at radius 1 is 1.14 bits per heavy atom. The molecular formula is C23H34N2O4. The number of anilines is 1. The van der Waals surface area contributed by atoms with Crippen molar-refractivity contribution in [1.82, 2.24) is 5.32 Å². The lowest BCUT2D eigenvalue weighted by molar-refractivity contribution is -0.130. The molecular weight excluding hydrogens is 368 g/mol. The van der Waals surface area contributed by atoms with Crippen molar-refractivity contribution in [2.75, 3.05) is 11.9 Å². The first kappa shape index (κ1) is 22.9. The van der Waals surface area contributed by atoms with E-state index in [4.69, 9.17) is 4.74 Å². The third kappa shape index (κ3) is 7.18. The molecule has 2 N–H and O–H groups in total. The molecule has 2 amide bonds. The van der Waals surface area contributed by atoms with Crippen LogP contribution in [-0.4, -0.2) is 30.4 Å². The summed E-state index contributed by atoms with van der Waals surface area (Å²) in [7, 11) is 0. The van der Waals surface area contributed by atoms with E-state index < -0.39 is 12.0 Å². The maximum atomic E-state index is 12.9. The van der Waals surface area contributed by atoms with Crippen LogP contribution in [0.1, 0.15) is 70.2 Å². The van der Waals surface area contributed by atoms with Crippen molar-refractivity contribution in [3.8, 4) is 0 Å². The van der Waals surface area contributed by atoms with E-state index in [1.54, 1.807) is 31.2 Å². The molecule has 6 heteroatoms. The first-order valence-electron chi connectivity index (χ1n) is 10.7. The number of carbonyl (C=O) groups excluding carboxylic acids is 3. The molecule has 0 saturated heterocycles. The Hall–Kier alpha value is -2.37. The van der Waals surface area contributed by atoms with Crippen LogP contribution in [0.2, 0.25) is 0 Å². The van der Waals surface area contributed by atoms with Crippen LogP contribution in [0, 0.1) is 17.8 Å². The second-order valence-corrected chi connectivity index (χ2v) is 8.44. The Balaban J connectivity index is 2.04. The number of nitrogens with one attached hydrogen (secondary N) is 2. The summed E-state index contributed by atoms with van der Waals surface area (Å²) in [4.78, 5) is 37.5. The molecule has 0 aromatic heterocycles. The maximum absolute atomic E-state index is 12.9. The molecule has 0 bridgehead atoms. The van der Waals surface area contributed by atoms with Gasteiger partial charge in [0.25, 0.3) is 0 Å². The van der Waals surface area contributed by atoms with Crippen LogP contribution >= 0.6 is 0 Å². The molecule has 1 aliphatic carbocycles. The summed E-state index contributed by atoms with van der Waals surface area (Å²) in [6, 6.07) is 6.05. The number of rotatable bonds is 8. The number of hydrogen-bond donors (Lipinski definition) is 2. The average Bonchev–Trinajstić information content (AvgIpc) is 2.68. The van der Waals surface area contributed by atoms with Crippen LogP contribution < -0.4 is 10.6 Å². The van der Waals surface area contributed by atoms with E-state index in [9.17, 15) is 14.4 Å². The van der Waals surface area contributed by atoms with E-state index in [2.05, 4.69) is 17.6 Å². The molecule has 0 spiro atoms. The summed E-state index contributed by atoms with van der Waals surface area (Å²) in [5.74, 6) is 0.182. The van der Waals surface area contributed by atoms with Crippen LogP contribution in [-0.2, 0) is 14.3 Å². The fraction of sp³-hybridized carbons (Fsp3) is 0.609. The van der Waals surface area contributed by atoms with Crippen molar-refractivity contribution in [2.45, 2.75) is 65.8 Å². The van der Waals surface area contributed by atoms with Crippen molar-refractivity contribution < 1.29 is 19.1 Å². The molecule has 1 aliphatic rings. The third-order valence-electron chi connectivity index (χ3n) is 5.37. The van der Waals surface area contributed by atoms with E-state index in [1.807, 2.05) is 13.8 Å². The van der Waals surface area contributed by atoms with Crippen molar-refractivity contribution in [3.63, 3.8) is 0 Å². The zero-order chi connectivity index (χ0) is 21.4. The van der Waals surface area contributed by atoms with Crippen molar-refractivity contribution in [1.29, 1.82) is 0 Å². The number of amides is 2. The van der Waals surface area contributed by atoms with Crippen LogP contribution in [0.25, 0.3) is 0 Å². The highest BCUT2D eigenvalue weighted by Crippen LogP contribution is 2.28. The molecule has 6 nitrogen and oxygen atoms in total. The number of esters is 1. The van der Waals surface area contributed by atoms with Gasteiger partial charge in [-0.3, -0.25) is 9.59 Å². The van der Waals surface area contributed by atoms with Gasteiger partial charge in [0, 0.05) is 11.6 Å². The zero-order valence-electron chi connectivity index (χ0n) is 18.0. The van der Waals surface area contributed by atoms with Crippen LogP contribution in [0.4, 0.5) is 5.69 Å². The van der Waals surface area contributed by atoms with E-state index in [0.717, 1.165) is 25.7 Å². The molecule has 1 aromatic carbocycles. The van der Waals surface area contributed by atoms with Crippen molar-refractivity contribution in [2.24, 2.45) is 17.8 Å². The number of ether oxygens (including phenoxy) is 1. The van der Waals surface area contributed by atoms with Gasteiger partial charge in [0.2, 0.25) is 11.8 Å². The third-order valence-corrected chi connectivity index (χ3v) is 5.37. The first-order chi connectivity index (χ1) is 13.8. The smallest absolute Gasteiger partial charge is 0.338 e. The Bertz CT molecular complexity index is 709.